The van der Waals surface area contributed by atoms with Gasteiger partial charge in [0.05, 0.1) is 0 Å². The number of ether oxygens (including phenoxy) is 1. The molecule has 78 valence electrons. The Morgan fingerprint density at radius 2 is 1.93 bits per heavy atom. The monoisotopic (exact) mass is 257 g/mol. The van der Waals surface area contributed by atoms with Gasteiger partial charge < -0.3 is 10.5 Å². The van der Waals surface area contributed by atoms with Gasteiger partial charge in [-0.05, 0) is 24.1 Å². The number of nitrogens with two attached hydrogens (primary N) is 1. The molecule has 0 heterocycles. The summed E-state index contributed by atoms with van der Waals surface area (Å²) in [7, 11) is 1.71. The second-order valence-electron chi connectivity index (χ2n) is 3.26. The SMILES string of the molecule is CCC(CN)(OC)c1ccc(Br)cc1. The number of hydrogen-bond acceptors (Lipinski definition) is 2. The third-order valence-corrected chi connectivity index (χ3v) is 3.19. The van der Waals surface area contributed by atoms with E-state index in [4.69, 9.17) is 10.5 Å². The van der Waals surface area contributed by atoms with Crippen molar-refractivity contribution in [1.82, 2.24) is 0 Å². The molecule has 2 nitrogen and oxygen atoms in total. The van der Waals surface area contributed by atoms with Crippen molar-refractivity contribution in [3.8, 4) is 0 Å². The first-order valence-corrected chi connectivity index (χ1v) is 5.49. The van der Waals surface area contributed by atoms with Gasteiger partial charge in [-0.25, -0.2) is 0 Å². The zero-order valence-electron chi connectivity index (χ0n) is 8.59. The molecule has 0 aliphatic rings. The molecule has 14 heavy (non-hydrogen) atoms. The summed E-state index contributed by atoms with van der Waals surface area (Å²) < 4.78 is 6.59. The third kappa shape index (κ3) is 2.16. The van der Waals surface area contributed by atoms with Crippen molar-refractivity contribution in [3.63, 3.8) is 0 Å². The Hall–Kier alpha value is -0.380. The topological polar surface area (TPSA) is 35.2 Å². The fourth-order valence-corrected chi connectivity index (χ4v) is 1.83. The highest BCUT2D eigenvalue weighted by Gasteiger charge is 2.27. The van der Waals surface area contributed by atoms with Gasteiger partial charge in [0.15, 0.2) is 0 Å². The molecule has 1 rings (SSSR count). The number of hydrogen-bond donors (Lipinski definition) is 1. The van der Waals surface area contributed by atoms with Crippen molar-refractivity contribution in [3.05, 3.63) is 34.3 Å². The van der Waals surface area contributed by atoms with E-state index in [0.717, 1.165) is 16.5 Å². The van der Waals surface area contributed by atoms with Gasteiger partial charge in [0.1, 0.15) is 5.60 Å². The van der Waals surface area contributed by atoms with E-state index in [0.29, 0.717) is 6.54 Å². The Morgan fingerprint density at radius 3 is 2.29 bits per heavy atom. The lowest BCUT2D eigenvalue weighted by Gasteiger charge is -2.30. The first-order valence-electron chi connectivity index (χ1n) is 4.70. The Bertz CT molecular complexity index is 272. The molecule has 3 heteroatoms. The zero-order chi connectivity index (χ0) is 10.6. The van der Waals surface area contributed by atoms with Crippen molar-refractivity contribution in [1.29, 1.82) is 0 Å². The summed E-state index contributed by atoms with van der Waals surface area (Å²) in [6.45, 7) is 2.58. The third-order valence-electron chi connectivity index (χ3n) is 2.66. The summed E-state index contributed by atoms with van der Waals surface area (Å²) in [5, 5.41) is 0. The lowest BCUT2D eigenvalue weighted by atomic mass is 9.91. The highest BCUT2D eigenvalue weighted by atomic mass is 79.9. The molecule has 0 amide bonds. The Kier molecular flexibility index (Phi) is 4.11. The minimum Gasteiger partial charge on any atom is -0.372 e. The molecule has 1 aromatic carbocycles. The van der Waals surface area contributed by atoms with E-state index >= 15 is 0 Å². The maximum Gasteiger partial charge on any atom is 0.105 e. The molecule has 0 spiro atoms. The minimum atomic E-state index is -0.333. The van der Waals surface area contributed by atoms with Crippen LogP contribution in [-0.2, 0) is 10.3 Å². The predicted octanol–water partition coefficient (Wildman–Crippen LogP) is 2.66. The highest BCUT2D eigenvalue weighted by Crippen LogP contribution is 2.28. The van der Waals surface area contributed by atoms with Gasteiger partial charge in [-0.1, -0.05) is 35.0 Å². The van der Waals surface area contributed by atoms with Crippen molar-refractivity contribution in [2.45, 2.75) is 18.9 Å². The summed E-state index contributed by atoms with van der Waals surface area (Å²) in [5.74, 6) is 0. The van der Waals surface area contributed by atoms with E-state index in [-0.39, 0.29) is 5.60 Å². The Balaban J connectivity index is 3.05. The average molecular weight is 258 g/mol. The van der Waals surface area contributed by atoms with E-state index in [9.17, 15) is 0 Å². The molecular formula is C11H16BrNO. The molecule has 1 aromatic rings. The lowest BCUT2D eigenvalue weighted by Crippen LogP contribution is -2.36. The van der Waals surface area contributed by atoms with Crippen LogP contribution in [-0.4, -0.2) is 13.7 Å². The van der Waals surface area contributed by atoms with Crippen LogP contribution in [0.5, 0.6) is 0 Å². The first kappa shape index (κ1) is 11.7. The van der Waals surface area contributed by atoms with Crippen LogP contribution < -0.4 is 5.73 Å². The highest BCUT2D eigenvalue weighted by molar-refractivity contribution is 9.10. The summed E-state index contributed by atoms with van der Waals surface area (Å²) in [6.07, 6.45) is 0.877. The second-order valence-corrected chi connectivity index (χ2v) is 4.18. The molecule has 0 saturated heterocycles. The number of rotatable bonds is 4. The number of methoxy groups -OCH3 is 1. The van der Waals surface area contributed by atoms with E-state index in [2.05, 4.69) is 22.9 Å². The zero-order valence-corrected chi connectivity index (χ0v) is 10.2. The summed E-state index contributed by atoms with van der Waals surface area (Å²) in [6, 6.07) is 8.11. The van der Waals surface area contributed by atoms with Gasteiger partial charge in [-0.15, -0.1) is 0 Å². The molecule has 1 unspecified atom stereocenters. The maximum atomic E-state index is 5.76. The normalized spacial score (nSPS) is 15.1. The fraction of sp³-hybridized carbons (Fsp3) is 0.455. The van der Waals surface area contributed by atoms with Crippen molar-refractivity contribution in [2.24, 2.45) is 5.73 Å². The molecule has 2 N–H and O–H groups in total. The lowest BCUT2D eigenvalue weighted by molar-refractivity contribution is -0.0103. The molecule has 0 fully saturated rings. The van der Waals surface area contributed by atoms with Crippen LogP contribution in [0.4, 0.5) is 0 Å². The smallest absolute Gasteiger partial charge is 0.105 e. The van der Waals surface area contributed by atoms with E-state index in [1.165, 1.54) is 0 Å². The molecule has 0 radical (unpaired) electrons. The van der Waals surface area contributed by atoms with Gasteiger partial charge in [0.25, 0.3) is 0 Å². The van der Waals surface area contributed by atoms with Gasteiger partial charge >= 0.3 is 0 Å². The van der Waals surface area contributed by atoms with Crippen LogP contribution in [0.1, 0.15) is 18.9 Å². The number of benzene rings is 1. The van der Waals surface area contributed by atoms with Crippen LogP contribution in [0.2, 0.25) is 0 Å². The van der Waals surface area contributed by atoms with Crippen LogP contribution in [0.3, 0.4) is 0 Å². The standard InChI is InChI=1S/C11H16BrNO/c1-3-11(8-13,14-2)9-4-6-10(12)7-5-9/h4-7H,3,8,13H2,1-2H3. The molecule has 0 aliphatic carbocycles. The van der Waals surface area contributed by atoms with E-state index in [1.807, 2.05) is 24.3 Å². The summed E-state index contributed by atoms with van der Waals surface area (Å²) in [4.78, 5) is 0. The summed E-state index contributed by atoms with van der Waals surface area (Å²) >= 11 is 3.41. The summed E-state index contributed by atoms with van der Waals surface area (Å²) in [5.41, 5.74) is 6.56. The van der Waals surface area contributed by atoms with Crippen LogP contribution >= 0.6 is 15.9 Å². The van der Waals surface area contributed by atoms with Crippen LogP contribution in [0.15, 0.2) is 28.7 Å². The van der Waals surface area contributed by atoms with Gasteiger partial charge in [-0.2, -0.15) is 0 Å². The molecular weight excluding hydrogens is 242 g/mol. The molecule has 0 bridgehead atoms. The first-order chi connectivity index (χ1) is 6.68. The maximum absolute atomic E-state index is 5.76. The average Bonchev–Trinajstić information content (AvgIpc) is 2.24. The second kappa shape index (κ2) is 4.91. The van der Waals surface area contributed by atoms with Gasteiger partial charge in [0.2, 0.25) is 0 Å². The Morgan fingerprint density at radius 1 is 1.36 bits per heavy atom. The molecule has 1 atom stereocenters. The Labute approximate surface area is 93.6 Å². The van der Waals surface area contributed by atoms with Crippen LogP contribution in [0, 0.1) is 0 Å². The van der Waals surface area contributed by atoms with E-state index in [1.54, 1.807) is 7.11 Å². The fourth-order valence-electron chi connectivity index (χ4n) is 1.57. The molecule has 0 saturated carbocycles. The van der Waals surface area contributed by atoms with Gasteiger partial charge in [-0.3, -0.25) is 0 Å². The largest absolute Gasteiger partial charge is 0.372 e. The van der Waals surface area contributed by atoms with Gasteiger partial charge in [0, 0.05) is 18.1 Å². The predicted molar refractivity (Wildman–Crippen MR) is 62.2 cm³/mol. The molecule has 0 aliphatic heterocycles. The minimum absolute atomic E-state index is 0.333. The van der Waals surface area contributed by atoms with Crippen molar-refractivity contribution >= 4 is 15.9 Å². The van der Waals surface area contributed by atoms with Crippen molar-refractivity contribution < 1.29 is 4.74 Å². The van der Waals surface area contributed by atoms with E-state index < -0.39 is 0 Å². The quantitative estimate of drug-likeness (QED) is 0.901. The molecule has 0 aromatic heterocycles. The number of halogens is 1. The van der Waals surface area contributed by atoms with Crippen LogP contribution in [0.25, 0.3) is 0 Å². The van der Waals surface area contributed by atoms with Crippen molar-refractivity contribution in [2.75, 3.05) is 13.7 Å².